The Hall–Kier alpha value is -0.460. The summed E-state index contributed by atoms with van der Waals surface area (Å²) in [6.45, 7) is 5.77. The van der Waals surface area contributed by atoms with Crippen LogP contribution in [-0.4, -0.2) is 32.1 Å². The van der Waals surface area contributed by atoms with Gasteiger partial charge in [0.1, 0.15) is 0 Å². The molecular weight excluding hydrogens is 224 g/mol. The van der Waals surface area contributed by atoms with Crippen molar-refractivity contribution in [2.24, 2.45) is 10.9 Å². The molecule has 0 radical (unpaired) electrons. The number of carbonyl (C=O) groups excluding carboxylic acids is 1. The zero-order valence-corrected chi connectivity index (χ0v) is 9.88. The van der Waals surface area contributed by atoms with Crippen LogP contribution >= 0.6 is 24.2 Å². The number of nitrogens with two attached hydrogens (primary N) is 1. The summed E-state index contributed by atoms with van der Waals surface area (Å²) in [4.78, 5) is 11.3. The monoisotopic (exact) mass is 236 g/mol. The van der Waals surface area contributed by atoms with Gasteiger partial charge in [-0.25, -0.2) is 10.9 Å². The molecule has 0 spiro atoms. The Kier molecular flexibility index (Phi) is 2.99. The lowest BCUT2D eigenvalue weighted by molar-refractivity contribution is -0.131. The number of hydrogen-bond acceptors (Lipinski definition) is 5. The molecule has 14 heavy (non-hydrogen) atoms. The minimum atomic E-state index is -0.593. The Morgan fingerprint density at radius 3 is 2.50 bits per heavy atom. The fraction of sp³-hybridized carbons (Fsp3) is 0.714. The SMILES string of the molecule is CC(C)(C)N1N=C(Cl)C(=O)N(N)C1S. The minimum absolute atomic E-state index is 0.146. The Bertz CT molecular complexity index is 288. The molecule has 0 aromatic rings. The predicted octanol–water partition coefficient (Wildman–Crippen LogP) is 0.569. The summed E-state index contributed by atoms with van der Waals surface area (Å²) in [6, 6.07) is 0. The lowest BCUT2D eigenvalue weighted by Gasteiger charge is -2.42. The van der Waals surface area contributed by atoms with E-state index >= 15 is 0 Å². The molecule has 0 aromatic carbocycles. The van der Waals surface area contributed by atoms with Crippen LogP contribution in [0.25, 0.3) is 0 Å². The molecule has 0 aromatic heterocycles. The maximum absolute atomic E-state index is 11.3. The summed E-state index contributed by atoms with van der Waals surface area (Å²) in [5, 5.41) is 6.31. The fourth-order valence-corrected chi connectivity index (χ4v) is 1.70. The average Bonchev–Trinajstić information content (AvgIpc) is 2.06. The molecule has 1 heterocycles. The van der Waals surface area contributed by atoms with Gasteiger partial charge in [-0.05, 0) is 20.8 Å². The van der Waals surface area contributed by atoms with Crippen molar-refractivity contribution >= 4 is 35.3 Å². The smallest absolute Gasteiger partial charge is 0.265 e. The second-order valence-electron chi connectivity index (χ2n) is 3.97. The Morgan fingerprint density at radius 1 is 1.57 bits per heavy atom. The summed E-state index contributed by atoms with van der Waals surface area (Å²) in [5.74, 6) is 4.98. The van der Waals surface area contributed by atoms with E-state index in [2.05, 4.69) is 17.7 Å². The van der Waals surface area contributed by atoms with Crippen molar-refractivity contribution in [1.82, 2.24) is 10.0 Å². The number of hydrogen-bond donors (Lipinski definition) is 2. The lowest BCUT2D eigenvalue weighted by atomic mass is 10.1. The number of amides is 1. The van der Waals surface area contributed by atoms with Crippen molar-refractivity contribution in [3.05, 3.63) is 0 Å². The zero-order chi connectivity index (χ0) is 11.1. The third-order valence-corrected chi connectivity index (χ3v) is 2.47. The number of thiol groups is 1. The van der Waals surface area contributed by atoms with Crippen LogP contribution in [0.2, 0.25) is 0 Å². The normalized spacial score (nSPS) is 24.0. The molecule has 1 atom stereocenters. The van der Waals surface area contributed by atoms with E-state index in [0.29, 0.717) is 0 Å². The Morgan fingerprint density at radius 2 is 2.07 bits per heavy atom. The fourth-order valence-electron chi connectivity index (χ4n) is 1.01. The van der Waals surface area contributed by atoms with Crippen molar-refractivity contribution in [2.45, 2.75) is 31.8 Å². The van der Waals surface area contributed by atoms with Gasteiger partial charge in [-0.3, -0.25) is 9.80 Å². The Balaban J connectivity index is 3.05. The molecule has 2 N–H and O–H groups in total. The third kappa shape index (κ3) is 1.97. The van der Waals surface area contributed by atoms with E-state index in [1.807, 2.05) is 20.8 Å². The van der Waals surface area contributed by atoms with Crippen molar-refractivity contribution < 1.29 is 4.79 Å². The molecule has 0 saturated carbocycles. The molecular formula is C7H13ClN4OS. The molecule has 0 aliphatic carbocycles. The second kappa shape index (κ2) is 3.60. The molecule has 1 unspecified atom stereocenters. The van der Waals surface area contributed by atoms with E-state index in [0.717, 1.165) is 5.01 Å². The van der Waals surface area contributed by atoms with Crippen LogP contribution in [0, 0.1) is 0 Å². The Labute approximate surface area is 93.2 Å². The molecule has 0 fully saturated rings. The van der Waals surface area contributed by atoms with Gasteiger partial charge in [0.15, 0.2) is 5.50 Å². The van der Waals surface area contributed by atoms with Crippen LogP contribution in [0.1, 0.15) is 20.8 Å². The minimum Gasteiger partial charge on any atom is -0.265 e. The van der Waals surface area contributed by atoms with E-state index in [1.54, 1.807) is 5.01 Å². The first kappa shape index (κ1) is 11.6. The van der Waals surface area contributed by atoms with Gasteiger partial charge >= 0.3 is 5.91 Å². The maximum Gasteiger partial charge on any atom is 0.302 e. The largest absolute Gasteiger partial charge is 0.302 e. The van der Waals surface area contributed by atoms with E-state index in [9.17, 15) is 4.79 Å². The van der Waals surface area contributed by atoms with E-state index in [4.69, 9.17) is 17.4 Å². The highest BCUT2D eigenvalue weighted by Crippen LogP contribution is 2.24. The van der Waals surface area contributed by atoms with Crippen LogP contribution in [0.15, 0.2) is 5.10 Å². The van der Waals surface area contributed by atoms with Crippen molar-refractivity contribution in [3.63, 3.8) is 0 Å². The van der Waals surface area contributed by atoms with Gasteiger partial charge in [-0.1, -0.05) is 11.6 Å². The van der Waals surface area contributed by atoms with E-state index in [-0.39, 0.29) is 10.7 Å². The topological polar surface area (TPSA) is 61.9 Å². The summed E-state index contributed by atoms with van der Waals surface area (Å²) < 4.78 is 0. The van der Waals surface area contributed by atoms with Gasteiger partial charge < -0.3 is 0 Å². The highest BCUT2D eigenvalue weighted by molar-refractivity contribution is 7.80. The van der Waals surface area contributed by atoms with Gasteiger partial charge in [-0.2, -0.15) is 5.10 Å². The molecule has 1 rings (SSSR count). The molecule has 5 nitrogen and oxygen atoms in total. The van der Waals surface area contributed by atoms with Crippen LogP contribution in [0.4, 0.5) is 0 Å². The van der Waals surface area contributed by atoms with Crippen LogP contribution in [-0.2, 0) is 4.79 Å². The first-order valence-electron chi connectivity index (χ1n) is 4.05. The molecule has 7 heteroatoms. The van der Waals surface area contributed by atoms with Gasteiger partial charge in [0, 0.05) is 0 Å². The van der Waals surface area contributed by atoms with Crippen molar-refractivity contribution in [3.8, 4) is 0 Å². The number of nitrogens with zero attached hydrogens (tertiary/aromatic N) is 3. The van der Waals surface area contributed by atoms with Crippen LogP contribution in [0.5, 0.6) is 0 Å². The molecule has 0 saturated heterocycles. The number of hydrazine groups is 1. The summed E-state index contributed by atoms with van der Waals surface area (Å²) in [6.07, 6.45) is 0. The van der Waals surface area contributed by atoms with Gasteiger partial charge in [-0.15, -0.1) is 12.6 Å². The quantitative estimate of drug-likeness (QED) is 0.367. The molecule has 80 valence electrons. The molecule has 1 aliphatic rings. The lowest BCUT2D eigenvalue weighted by Crippen LogP contribution is -2.59. The van der Waals surface area contributed by atoms with Crippen molar-refractivity contribution in [1.29, 1.82) is 0 Å². The van der Waals surface area contributed by atoms with Crippen LogP contribution < -0.4 is 5.84 Å². The van der Waals surface area contributed by atoms with Crippen LogP contribution in [0.3, 0.4) is 0 Å². The highest BCUT2D eigenvalue weighted by atomic mass is 35.5. The predicted molar refractivity (Wildman–Crippen MR) is 58.7 cm³/mol. The van der Waals surface area contributed by atoms with E-state index < -0.39 is 11.4 Å². The summed E-state index contributed by atoms with van der Waals surface area (Å²) >= 11 is 9.82. The zero-order valence-electron chi connectivity index (χ0n) is 8.23. The molecule has 0 bridgehead atoms. The number of hydrazone groups is 1. The molecule has 1 amide bonds. The van der Waals surface area contributed by atoms with E-state index in [1.165, 1.54) is 0 Å². The number of carbonyl (C=O) groups is 1. The van der Waals surface area contributed by atoms with Gasteiger partial charge in [0.2, 0.25) is 5.17 Å². The van der Waals surface area contributed by atoms with Gasteiger partial charge in [0.25, 0.3) is 0 Å². The number of halogens is 1. The standard InChI is InChI=1S/C7H13ClN4OS/c1-7(2,3)12-6(14)11(9)5(13)4(8)10-12/h6,14H,9H2,1-3H3. The first-order chi connectivity index (χ1) is 6.25. The maximum atomic E-state index is 11.3. The average molecular weight is 237 g/mol. The summed E-state index contributed by atoms with van der Waals surface area (Å²) in [5.41, 5.74) is -0.893. The molecule has 1 aliphatic heterocycles. The first-order valence-corrected chi connectivity index (χ1v) is 4.94. The summed E-state index contributed by atoms with van der Waals surface area (Å²) in [7, 11) is 0. The third-order valence-electron chi connectivity index (χ3n) is 1.76. The number of rotatable bonds is 0. The highest BCUT2D eigenvalue weighted by Gasteiger charge is 2.37. The van der Waals surface area contributed by atoms with Crippen molar-refractivity contribution in [2.75, 3.05) is 0 Å². The van der Waals surface area contributed by atoms with Gasteiger partial charge in [0.05, 0.1) is 5.54 Å². The second-order valence-corrected chi connectivity index (χ2v) is 4.78.